The van der Waals surface area contributed by atoms with Crippen LogP contribution >= 0.6 is 0 Å². The van der Waals surface area contributed by atoms with E-state index in [1.54, 1.807) is 0 Å². The van der Waals surface area contributed by atoms with Gasteiger partial charge in [-0.1, -0.05) is 27.2 Å². The lowest BCUT2D eigenvalue weighted by Gasteiger charge is -2.19. The topological polar surface area (TPSA) is 12.0 Å². The number of alkyl halides is 2. The third kappa shape index (κ3) is 6.94. The lowest BCUT2D eigenvalue weighted by Crippen LogP contribution is -2.33. The van der Waals surface area contributed by atoms with Crippen LogP contribution < -0.4 is 5.32 Å². The van der Waals surface area contributed by atoms with Crippen molar-refractivity contribution in [1.82, 2.24) is 5.32 Å². The Bertz CT molecular complexity index is 117. The summed E-state index contributed by atoms with van der Waals surface area (Å²) < 4.78 is 23.8. The summed E-state index contributed by atoms with van der Waals surface area (Å²) in [4.78, 5) is 0. The summed E-state index contributed by atoms with van der Waals surface area (Å²) >= 11 is 0. The van der Waals surface area contributed by atoms with Gasteiger partial charge in [0.05, 0.1) is 6.54 Å². The number of nitrogens with one attached hydrogen (secondary N) is 1. The van der Waals surface area contributed by atoms with Crippen LogP contribution in [0.5, 0.6) is 0 Å². The fourth-order valence-corrected chi connectivity index (χ4v) is 1.30. The molecule has 0 aromatic rings. The molecule has 13 heavy (non-hydrogen) atoms. The summed E-state index contributed by atoms with van der Waals surface area (Å²) in [6.07, 6.45) is 0.815. The monoisotopic (exact) mass is 193 g/mol. The summed E-state index contributed by atoms with van der Waals surface area (Å²) in [6, 6.07) is 0.254. The second-order valence-electron chi connectivity index (χ2n) is 3.65. The molecule has 0 aliphatic heterocycles. The van der Waals surface area contributed by atoms with E-state index in [0.717, 1.165) is 19.3 Å². The SMILES string of the molecule is CCC(C)CC(CC)NCC(F)F. The lowest BCUT2D eigenvalue weighted by molar-refractivity contribution is 0.138. The highest BCUT2D eigenvalue weighted by molar-refractivity contribution is 4.68. The van der Waals surface area contributed by atoms with Crippen molar-refractivity contribution in [2.24, 2.45) is 5.92 Å². The van der Waals surface area contributed by atoms with Gasteiger partial charge in [0.15, 0.2) is 0 Å². The Morgan fingerprint density at radius 1 is 1.15 bits per heavy atom. The molecule has 0 aromatic heterocycles. The summed E-state index contributed by atoms with van der Waals surface area (Å²) in [5, 5.41) is 2.88. The summed E-state index contributed by atoms with van der Waals surface area (Å²) in [7, 11) is 0. The van der Waals surface area contributed by atoms with Gasteiger partial charge in [-0.2, -0.15) is 0 Å². The van der Waals surface area contributed by atoms with E-state index in [1.807, 2.05) is 6.92 Å². The Morgan fingerprint density at radius 3 is 2.15 bits per heavy atom. The summed E-state index contributed by atoms with van der Waals surface area (Å²) in [5.41, 5.74) is 0. The lowest BCUT2D eigenvalue weighted by atomic mass is 9.98. The molecule has 0 saturated heterocycles. The third-order valence-corrected chi connectivity index (χ3v) is 2.44. The second-order valence-corrected chi connectivity index (χ2v) is 3.65. The molecule has 0 saturated carbocycles. The van der Waals surface area contributed by atoms with Crippen LogP contribution in [0.2, 0.25) is 0 Å². The highest BCUT2D eigenvalue weighted by Gasteiger charge is 2.11. The fraction of sp³-hybridized carbons (Fsp3) is 1.00. The molecule has 0 rings (SSSR count). The van der Waals surface area contributed by atoms with Gasteiger partial charge in [-0.15, -0.1) is 0 Å². The van der Waals surface area contributed by atoms with Crippen LogP contribution in [0.3, 0.4) is 0 Å². The highest BCUT2D eigenvalue weighted by atomic mass is 19.3. The third-order valence-electron chi connectivity index (χ3n) is 2.44. The van der Waals surface area contributed by atoms with E-state index in [-0.39, 0.29) is 12.6 Å². The number of hydrogen-bond donors (Lipinski definition) is 1. The van der Waals surface area contributed by atoms with Gasteiger partial charge in [0.1, 0.15) is 0 Å². The van der Waals surface area contributed by atoms with Gasteiger partial charge in [-0.3, -0.25) is 0 Å². The standard InChI is InChI=1S/C10H21F2N/c1-4-8(3)6-9(5-2)13-7-10(11)12/h8-10,13H,4-7H2,1-3H3. The zero-order valence-corrected chi connectivity index (χ0v) is 8.82. The maximum Gasteiger partial charge on any atom is 0.250 e. The Labute approximate surface area is 79.9 Å². The minimum absolute atomic E-state index is 0.172. The zero-order valence-electron chi connectivity index (χ0n) is 8.82. The molecule has 3 heteroatoms. The van der Waals surface area contributed by atoms with Gasteiger partial charge in [-0.25, -0.2) is 8.78 Å². The van der Waals surface area contributed by atoms with Crippen molar-refractivity contribution >= 4 is 0 Å². The Balaban J connectivity index is 3.62. The molecule has 2 atom stereocenters. The largest absolute Gasteiger partial charge is 0.309 e. The first kappa shape index (κ1) is 12.8. The van der Waals surface area contributed by atoms with Crippen LogP contribution in [0, 0.1) is 5.92 Å². The van der Waals surface area contributed by atoms with E-state index in [1.165, 1.54) is 0 Å². The molecule has 0 aliphatic carbocycles. The first-order chi connectivity index (χ1) is 6.10. The van der Waals surface area contributed by atoms with Crippen LogP contribution in [0.1, 0.15) is 40.0 Å². The maximum absolute atomic E-state index is 11.9. The molecule has 0 radical (unpaired) electrons. The van der Waals surface area contributed by atoms with Crippen LogP contribution in [-0.4, -0.2) is 19.0 Å². The van der Waals surface area contributed by atoms with E-state index >= 15 is 0 Å². The minimum Gasteiger partial charge on any atom is -0.309 e. The predicted molar refractivity (Wildman–Crippen MR) is 52.2 cm³/mol. The minimum atomic E-state index is -2.23. The molecule has 0 bridgehead atoms. The van der Waals surface area contributed by atoms with Crippen LogP contribution in [-0.2, 0) is 0 Å². The van der Waals surface area contributed by atoms with Gasteiger partial charge in [-0.05, 0) is 18.8 Å². The van der Waals surface area contributed by atoms with E-state index in [9.17, 15) is 8.78 Å². The number of rotatable bonds is 7. The van der Waals surface area contributed by atoms with E-state index in [2.05, 4.69) is 19.2 Å². The van der Waals surface area contributed by atoms with Crippen molar-refractivity contribution in [3.05, 3.63) is 0 Å². The van der Waals surface area contributed by atoms with E-state index in [4.69, 9.17) is 0 Å². The van der Waals surface area contributed by atoms with E-state index < -0.39 is 6.43 Å². The van der Waals surface area contributed by atoms with Gasteiger partial charge in [0.25, 0.3) is 6.43 Å². The van der Waals surface area contributed by atoms with Crippen molar-refractivity contribution in [1.29, 1.82) is 0 Å². The van der Waals surface area contributed by atoms with Gasteiger partial charge in [0.2, 0.25) is 0 Å². The second kappa shape index (κ2) is 7.25. The van der Waals surface area contributed by atoms with Gasteiger partial charge < -0.3 is 5.32 Å². The van der Waals surface area contributed by atoms with Crippen LogP contribution in [0.15, 0.2) is 0 Å². The highest BCUT2D eigenvalue weighted by Crippen LogP contribution is 2.11. The molecule has 1 nitrogen and oxygen atoms in total. The van der Waals surface area contributed by atoms with E-state index in [0.29, 0.717) is 5.92 Å². The van der Waals surface area contributed by atoms with Crippen molar-refractivity contribution < 1.29 is 8.78 Å². The molecule has 2 unspecified atom stereocenters. The van der Waals surface area contributed by atoms with Crippen molar-refractivity contribution in [2.45, 2.75) is 52.5 Å². The average molecular weight is 193 g/mol. The summed E-state index contributed by atoms with van der Waals surface area (Å²) in [5.74, 6) is 0.620. The molecule has 1 N–H and O–H groups in total. The molecule has 0 aromatic carbocycles. The average Bonchev–Trinajstić information content (AvgIpc) is 2.11. The van der Waals surface area contributed by atoms with Crippen molar-refractivity contribution in [3.8, 4) is 0 Å². The van der Waals surface area contributed by atoms with Crippen LogP contribution in [0.4, 0.5) is 8.78 Å². The molecule has 0 fully saturated rings. The Hall–Kier alpha value is -0.180. The molecule has 0 spiro atoms. The maximum atomic E-state index is 11.9. The molecule has 80 valence electrons. The van der Waals surface area contributed by atoms with Crippen molar-refractivity contribution in [3.63, 3.8) is 0 Å². The molecular weight excluding hydrogens is 172 g/mol. The zero-order chi connectivity index (χ0) is 10.3. The Morgan fingerprint density at radius 2 is 1.77 bits per heavy atom. The quantitative estimate of drug-likeness (QED) is 0.655. The van der Waals surface area contributed by atoms with Gasteiger partial charge in [0, 0.05) is 6.04 Å². The van der Waals surface area contributed by atoms with Crippen molar-refractivity contribution in [2.75, 3.05) is 6.54 Å². The molecular formula is C10H21F2N. The smallest absolute Gasteiger partial charge is 0.250 e. The molecule has 0 amide bonds. The molecule has 0 heterocycles. The first-order valence-electron chi connectivity index (χ1n) is 5.11. The fourth-order valence-electron chi connectivity index (χ4n) is 1.30. The van der Waals surface area contributed by atoms with Crippen LogP contribution in [0.25, 0.3) is 0 Å². The first-order valence-corrected chi connectivity index (χ1v) is 5.11. The molecule has 0 aliphatic rings. The normalized spacial score (nSPS) is 16.2. The number of halogens is 2. The predicted octanol–water partition coefficient (Wildman–Crippen LogP) is 3.06. The number of hydrogen-bond acceptors (Lipinski definition) is 1. The van der Waals surface area contributed by atoms with Gasteiger partial charge >= 0.3 is 0 Å². The summed E-state index contributed by atoms with van der Waals surface area (Å²) in [6.45, 7) is 6.15. The Kier molecular flexibility index (Phi) is 7.14.